The molecule has 3 rings (SSSR count). The van der Waals surface area contributed by atoms with E-state index in [1.54, 1.807) is 24.5 Å². The number of carbonyl (C=O) groups is 1. The molecule has 0 aliphatic rings. The number of pyridine rings is 1. The van der Waals surface area contributed by atoms with Crippen LogP contribution >= 0.6 is 0 Å². The van der Waals surface area contributed by atoms with Gasteiger partial charge in [-0.25, -0.2) is 0 Å². The predicted octanol–water partition coefficient (Wildman–Crippen LogP) is 2.73. The summed E-state index contributed by atoms with van der Waals surface area (Å²) >= 11 is 0. The zero-order valence-corrected chi connectivity index (χ0v) is 13.6. The molecule has 2 aromatic heterocycles. The molecule has 0 aliphatic heterocycles. The highest BCUT2D eigenvalue weighted by Crippen LogP contribution is 2.19. The van der Waals surface area contributed by atoms with E-state index in [0.29, 0.717) is 12.3 Å². The van der Waals surface area contributed by atoms with Crippen LogP contribution in [0.3, 0.4) is 0 Å². The van der Waals surface area contributed by atoms with Gasteiger partial charge in [-0.05, 0) is 29.8 Å². The minimum Gasteiger partial charge on any atom is -0.378 e. The van der Waals surface area contributed by atoms with Crippen molar-refractivity contribution < 1.29 is 9.32 Å². The molecule has 0 saturated carbocycles. The summed E-state index contributed by atoms with van der Waals surface area (Å²) in [4.78, 5) is 18.2. The second-order valence-electron chi connectivity index (χ2n) is 5.56. The molecule has 6 heteroatoms. The second-order valence-corrected chi connectivity index (χ2v) is 5.56. The van der Waals surface area contributed by atoms with Crippen LogP contribution in [0.25, 0.3) is 11.3 Å². The second kappa shape index (κ2) is 6.95. The van der Waals surface area contributed by atoms with E-state index in [2.05, 4.69) is 15.5 Å². The molecule has 1 N–H and O–H groups in total. The first-order valence-electron chi connectivity index (χ1n) is 7.55. The maximum atomic E-state index is 12.2. The number of anilines is 1. The average molecular weight is 322 g/mol. The fourth-order valence-electron chi connectivity index (χ4n) is 2.21. The Kier molecular flexibility index (Phi) is 4.56. The molecule has 6 nitrogen and oxygen atoms in total. The van der Waals surface area contributed by atoms with Crippen LogP contribution in [-0.2, 0) is 6.54 Å². The minimum absolute atomic E-state index is 0.249. The maximum Gasteiger partial charge on any atom is 0.273 e. The lowest BCUT2D eigenvalue weighted by Crippen LogP contribution is -2.23. The lowest BCUT2D eigenvalue weighted by molar-refractivity contribution is 0.0942. The zero-order valence-electron chi connectivity index (χ0n) is 13.6. The van der Waals surface area contributed by atoms with E-state index >= 15 is 0 Å². The number of nitrogens with zero attached hydrogens (tertiary/aromatic N) is 3. The largest absolute Gasteiger partial charge is 0.378 e. The molecule has 0 saturated heterocycles. The van der Waals surface area contributed by atoms with Gasteiger partial charge in [0.05, 0.1) is 0 Å². The van der Waals surface area contributed by atoms with Crippen molar-refractivity contribution in [1.29, 1.82) is 0 Å². The Balaban J connectivity index is 1.62. The first-order chi connectivity index (χ1) is 11.6. The Morgan fingerprint density at radius 1 is 1.21 bits per heavy atom. The summed E-state index contributed by atoms with van der Waals surface area (Å²) in [5.41, 5.74) is 3.16. The van der Waals surface area contributed by atoms with Crippen molar-refractivity contribution in [3.05, 3.63) is 66.1 Å². The maximum absolute atomic E-state index is 12.2. The number of carbonyl (C=O) groups excluding carboxylic acids is 1. The number of amides is 1. The van der Waals surface area contributed by atoms with Gasteiger partial charge < -0.3 is 14.7 Å². The fraction of sp³-hybridized carbons (Fsp3) is 0.167. The molecule has 0 bridgehead atoms. The molecule has 2 heterocycles. The SMILES string of the molecule is CN(C)c1ccc(CNC(=O)c2cc(-c3cccnc3)on2)cc1. The van der Waals surface area contributed by atoms with Gasteiger partial charge in [-0.1, -0.05) is 17.3 Å². The lowest BCUT2D eigenvalue weighted by Gasteiger charge is -2.12. The van der Waals surface area contributed by atoms with Crippen molar-refractivity contribution in [2.75, 3.05) is 19.0 Å². The molecular formula is C18H18N4O2. The van der Waals surface area contributed by atoms with E-state index in [1.807, 2.05) is 49.3 Å². The normalized spacial score (nSPS) is 10.4. The van der Waals surface area contributed by atoms with Gasteiger partial charge in [0.25, 0.3) is 5.91 Å². The quantitative estimate of drug-likeness (QED) is 0.782. The molecule has 0 atom stereocenters. The first-order valence-corrected chi connectivity index (χ1v) is 7.55. The summed E-state index contributed by atoms with van der Waals surface area (Å²) in [6.07, 6.45) is 3.34. The van der Waals surface area contributed by atoms with E-state index in [-0.39, 0.29) is 11.6 Å². The topological polar surface area (TPSA) is 71.3 Å². The van der Waals surface area contributed by atoms with Crippen LogP contribution < -0.4 is 10.2 Å². The van der Waals surface area contributed by atoms with Crippen LogP contribution in [0.15, 0.2) is 59.4 Å². The van der Waals surface area contributed by atoms with Crippen LogP contribution in [0.2, 0.25) is 0 Å². The van der Waals surface area contributed by atoms with Crippen LogP contribution in [0.1, 0.15) is 16.1 Å². The molecule has 0 spiro atoms. The van der Waals surface area contributed by atoms with Gasteiger partial charge >= 0.3 is 0 Å². The Morgan fingerprint density at radius 3 is 2.67 bits per heavy atom. The van der Waals surface area contributed by atoms with Crippen LogP contribution in [-0.4, -0.2) is 30.1 Å². The van der Waals surface area contributed by atoms with Gasteiger partial charge in [0, 0.05) is 50.4 Å². The number of nitrogens with one attached hydrogen (secondary N) is 1. The lowest BCUT2D eigenvalue weighted by atomic mass is 10.2. The smallest absolute Gasteiger partial charge is 0.273 e. The van der Waals surface area contributed by atoms with Crippen molar-refractivity contribution in [2.24, 2.45) is 0 Å². The van der Waals surface area contributed by atoms with Crippen LogP contribution in [0, 0.1) is 0 Å². The number of hydrogen-bond donors (Lipinski definition) is 1. The van der Waals surface area contributed by atoms with E-state index in [0.717, 1.165) is 16.8 Å². The van der Waals surface area contributed by atoms with Crippen molar-refractivity contribution >= 4 is 11.6 Å². The summed E-state index contributed by atoms with van der Waals surface area (Å²) in [6, 6.07) is 13.3. The highest BCUT2D eigenvalue weighted by Gasteiger charge is 2.13. The van der Waals surface area contributed by atoms with Gasteiger partial charge in [0.15, 0.2) is 11.5 Å². The fourth-order valence-corrected chi connectivity index (χ4v) is 2.21. The third-order valence-corrected chi connectivity index (χ3v) is 3.59. The third kappa shape index (κ3) is 3.60. The first kappa shape index (κ1) is 15.7. The predicted molar refractivity (Wildman–Crippen MR) is 91.7 cm³/mol. The van der Waals surface area contributed by atoms with Crippen molar-refractivity contribution in [3.8, 4) is 11.3 Å². The van der Waals surface area contributed by atoms with E-state index in [4.69, 9.17) is 4.52 Å². The third-order valence-electron chi connectivity index (χ3n) is 3.59. The summed E-state index contributed by atoms with van der Waals surface area (Å²) < 4.78 is 5.21. The molecule has 0 fully saturated rings. The molecule has 3 aromatic rings. The molecule has 0 radical (unpaired) electrons. The molecule has 0 unspecified atom stereocenters. The van der Waals surface area contributed by atoms with Gasteiger partial charge in [-0.15, -0.1) is 0 Å². The van der Waals surface area contributed by atoms with Gasteiger partial charge in [0.2, 0.25) is 0 Å². The highest BCUT2D eigenvalue weighted by molar-refractivity contribution is 5.93. The standard InChI is InChI=1S/C18H18N4O2/c1-22(2)15-7-5-13(6-8-15)11-20-18(23)16-10-17(24-21-16)14-4-3-9-19-12-14/h3-10,12H,11H2,1-2H3,(H,20,23). The molecular weight excluding hydrogens is 304 g/mol. The summed E-state index contributed by atoms with van der Waals surface area (Å²) in [5, 5.41) is 6.66. The van der Waals surface area contributed by atoms with E-state index in [9.17, 15) is 4.79 Å². The van der Waals surface area contributed by atoms with E-state index in [1.165, 1.54) is 0 Å². The van der Waals surface area contributed by atoms with Gasteiger partial charge in [-0.2, -0.15) is 0 Å². The number of hydrogen-bond acceptors (Lipinski definition) is 5. The Bertz CT molecular complexity index is 811. The van der Waals surface area contributed by atoms with Crippen molar-refractivity contribution in [2.45, 2.75) is 6.54 Å². The van der Waals surface area contributed by atoms with Crippen LogP contribution in [0.4, 0.5) is 5.69 Å². The Morgan fingerprint density at radius 2 is 2.00 bits per heavy atom. The summed E-state index contributed by atoms with van der Waals surface area (Å²) in [7, 11) is 3.97. The Hall–Kier alpha value is -3.15. The summed E-state index contributed by atoms with van der Waals surface area (Å²) in [5.74, 6) is 0.245. The van der Waals surface area contributed by atoms with Gasteiger partial charge in [0.1, 0.15) is 0 Å². The number of benzene rings is 1. The summed E-state index contributed by atoms with van der Waals surface area (Å²) in [6.45, 7) is 0.432. The molecule has 24 heavy (non-hydrogen) atoms. The average Bonchev–Trinajstić information content (AvgIpc) is 3.11. The van der Waals surface area contributed by atoms with Crippen molar-refractivity contribution in [1.82, 2.24) is 15.5 Å². The Labute approximate surface area is 140 Å². The number of aromatic nitrogens is 2. The van der Waals surface area contributed by atoms with Crippen LogP contribution in [0.5, 0.6) is 0 Å². The number of rotatable bonds is 5. The van der Waals surface area contributed by atoms with Gasteiger partial charge in [-0.3, -0.25) is 9.78 Å². The van der Waals surface area contributed by atoms with Crippen molar-refractivity contribution in [3.63, 3.8) is 0 Å². The van der Waals surface area contributed by atoms with E-state index < -0.39 is 0 Å². The highest BCUT2D eigenvalue weighted by atomic mass is 16.5. The molecule has 0 aliphatic carbocycles. The molecule has 1 aromatic carbocycles. The molecule has 1 amide bonds. The monoisotopic (exact) mass is 322 g/mol. The zero-order chi connectivity index (χ0) is 16.9. The molecule has 122 valence electrons. The minimum atomic E-state index is -0.273.